The summed E-state index contributed by atoms with van der Waals surface area (Å²) in [6.07, 6.45) is 5.79. The smallest absolute Gasteiger partial charge is 0.142 e. The minimum Gasteiger partial charge on any atom is -0.495 e. The topological polar surface area (TPSA) is 21.3 Å². The zero-order valence-electron chi connectivity index (χ0n) is 12.4. The third kappa shape index (κ3) is 2.15. The molecular weight excluding hydrogens is 338 g/mol. The number of para-hydroxylation sites is 1. The lowest BCUT2D eigenvalue weighted by Crippen LogP contribution is -2.29. The highest BCUT2D eigenvalue weighted by atomic mass is 79.9. The largest absolute Gasteiger partial charge is 0.495 e. The molecule has 2 aromatic rings. The van der Waals surface area contributed by atoms with E-state index in [9.17, 15) is 0 Å². The molecule has 0 aromatic heterocycles. The highest BCUT2D eigenvalue weighted by molar-refractivity contribution is 9.10. The van der Waals surface area contributed by atoms with E-state index in [1.807, 2.05) is 6.07 Å². The average molecular weight is 356 g/mol. The summed E-state index contributed by atoms with van der Waals surface area (Å²) in [5, 5.41) is 3.75. The number of rotatable bonds is 2. The van der Waals surface area contributed by atoms with Gasteiger partial charge < -0.3 is 10.1 Å². The fraction of sp³-hybridized carbons (Fsp3) is 0.263. The van der Waals surface area contributed by atoms with Crippen LogP contribution >= 0.6 is 15.9 Å². The molecule has 0 unspecified atom stereocenters. The molecule has 0 fully saturated rings. The minimum atomic E-state index is 0.307. The van der Waals surface area contributed by atoms with Gasteiger partial charge in [-0.1, -0.05) is 52.3 Å². The summed E-state index contributed by atoms with van der Waals surface area (Å²) in [7, 11) is 1.74. The Morgan fingerprint density at radius 3 is 2.86 bits per heavy atom. The molecule has 2 aliphatic rings. The van der Waals surface area contributed by atoms with Crippen LogP contribution in [-0.4, -0.2) is 7.11 Å². The number of halogens is 1. The maximum Gasteiger partial charge on any atom is 0.142 e. The Hall–Kier alpha value is -1.74. The SMILES string of the molecule is COc1cccc2c1N[C@H](c1cccc(Br)c1)[C@H]1CC=C[C@@H]21. The number of nitrogens with one attached hydrogen (secondary N) is 1. The Bertz CT molecular complexity index is 740. The number of methoxy groups -OCH3 is 1. The first-order valence-corrected chi connectivity index (χ1v) is 8.43. The highest BCUT2D eigenvalue weighted by Gasteiger charge is 2.38. The van der Waals surface area contributed by atoms with Crippen molar-refractivity contribution in [1.82, 2.24) is 0 Å². The number of allylic oxidation sites excluding steroid dienone is 2. The number of ether oxygens (including phenoxy) is 1. The van der Waals surface area contributed by atoms with Gasteiger partial charge in [0.25, 0.3) is 0 Å². The van der Waals surface area contributed by atoms with Crippen molar-refractivity contribution in [3.05, 3.63) is 70.2 Å². The molecule has 0 saturated carbocycles. The number of benzene rings is 2. The number of fused-ring (bicyclic) bond motifs is 3. The first-order chi connectivity index (χ1) is 10.8. The van der Waals surface area contributed by atoms with Crippen LogP contribution in [0.5, 0.6) is 5.75 Å². The molecule has 0 amide bonds. The van der Waals surface area contributed by atoms with E-state index in [1.54, 1.807) is 7.11 Å². The quantitative estimate of drug-likeness (QED) is 0.739. The molecule has 1 N–H and O–H groups in total. The van der Waals surface area contributed by atoms with Gasteiger partial charge in [-0.25, -0.2) is 0 Å². The van der Waals surface area contributed by atoms with Crippen molar-refractivity contribution in [1.29, 1.82) is 0 Å². The van der Waals surface area contributed by atoms with Crippen LogP contribution in [-0.2, 0) is 0 Å². The lowest BCUT2D eigenvalue weighted by Gasteiger charge is -2.38. The van der Waals surface area contributed by atoms with Gasteiger partial charge in [0.1, 0.15) is 5.75 Å². The van der Waals surface area contributed by atoms with Gasteiger partial charge in [0, 0.05) is 10.4 Å². The minimum absolute atomic E-state index is 0.307. The van der Waals surface area contributed by atoms with Crippen LogP contribution in [0.2, 0.25) is 0 Å². The molecule has 0 spiro atoms. The molecule has 0 radical (unpaired) electrons. The molecule has 0 saturated heterocycles. The summed E-state index contributed by atoms with van der Waals surface area (Å²) in [5.74, 6) is 1.96. The Labute approximate surface area is 139 Å². The van der Waals surface area contributed by atoms with Crippen molar-refractivity contribution in [3.8, 4) is 5.75 Å². The van der Waals surface area contributed by atoms with Crippen LogP contribution in [0.3, 0.4) is 0 Å². The van der Waals surface area contributed by atoms with Crippen LogP contribution in [0.1, 0.15) is 29.5 Å². The molecule has 22 heavy (non-hydrogen) atoms. The van der Waals surface area contributed by atoms with Gasteiger partial charge in [-0.3, -0.25) is 0 Å². The lowest BCUT2D eigenvalue weighted by atomic mass is 9.77. The second-order valence-corrected chi connectivity index (χ2v) is 6.87. The Morgan fingerprint density at radius 2 is 2.05 bits per heavy atom. The molecule has 2 nitrogen and oxygen atoms in total. The Kier molecular flexibility index (Phi) is 3.45. The first-order valence-electron chi connectivity index (χ1n) is 7.63. The van der Waals surface area contributed by atoms with Crippen molar-refractivity contribution in [2.75, 3.05) is 12.4 Å². The van der Waals surface area contributed by atoms with Gasteiger partial charge in [-0.2, -0.15) is 0 Å². The third-order valence-electron chi connectivity index (χ3n) is 4.79. The predicted octanol–water partition coefficient (Wildman–Crippen LogP) is 5.28. The van der Waals surface area contributed by atoms with Gasteiger partial charge in [0.2, 0.25) is 0 Å². The molecule has 1 heterocycles. The second-order valence-electron chi connectivity index (χ2n) is 5.96. The molecule has 1 aliphatic carbocycles. The van der Waals surface area contributed by atoms with Crippen LogP contribution in [0.15, 0.2) is 59.1 Å². The normalized spacial score (nSPS) is 25.3. The van der Waals surface area contributed by atoms with E-state index >= 15 is 0 Å². The van der Waals surface area contributed by atoms with E-state index in [0.717, 1.165) is 22.3 Å². The second kappa shape index (κ2) is 5.47. The van der Waals surface area contributed by atoms with E-state index in [0.29, 0.717) is 17.9 Å². The van der Waals surface area contributed by atoms with Crippen LogP contribution < -0.4 is 10.1 Å². The van der Waals surface area contributed by atoms with Crippen LogP contribution in [0, 0.1) is 5.92 Å². The lowest BCUT2D eigenvalue weighted by molar-refractivity contribution is 0.397. The summed E-state index contributed by atoms with van der Waals surface area (Å²) >= 11 is 3.59. The fourth-order valence-corrected chi connectivity index (χ4v) is 4.21. The zero-order valence-corrected chi connectivity index (χ0v) is 14.0. The molecule has 0 bridgehead atoms. The van der Waals surface area contributed by atoms with Crippen LogP contribution in [0.4, 0.5) is 5.69 Å². The maximum absolute atomic E-state index is 5.57. The Morgan fingerprint density at radius 1 is 1.18 bits per heavy atom. The number of hydrogen-bond acceptors (Lipinski definition) is 2. The van der Waals surface area contributed by atoms with Gasteiger partial charge in [0.15, 0.2) is 0 Å². The van der Waals surface area contributed by atoms with E-state index in [2.05, 4.69) is 69.8 Å². The third-order valence-corrected chi connectivity index (χ3v) is 5.28. The summed E-state index contributed by atoms with van der Waals surface area (Å²) < 4.78 is 6.70. The van der Waals surface area contributed by atoms with E-state index in [4.69, 9.17) is 4.74 Å². The molecule has 1 aliphatic heterocycles. The molecule has 3 heteroatoms. The number of hydrogen-bond donors (Lipinski definition) is 1. The van der Waals surface area contributed by atoms with Gasteiger partial charge in [-0.05, 0) is 41.7 Å². The van der Waals surface area contributed by atoms with E-state index in [1.165, 1.54) is 11.1 Å². The van der Waals surface area contributed by atoms with Gasteiger partial charge in [-0.15, -0.1) is 0 Å². The molecule has 4 rings (SSSR count). The Balaban J connectivity index is 1.83. The molecular formula is C19H18BrNO. The average Bonchev–Trinajstić information content (AvgIpc) is 3.03. The van der Waals surface area contributed by atoms with Crippen LogP contribution in [0.25, 0.3) is 0 Å². The summed E-state index contributed by atoms with van der Waals surface area (Å²) in [6, 6.07) is 15.2. The molecule has 2 aromatic carbocycles. The number of anilines is 1. The molecule has 112 valence electrons. The van der Waals surface area contributed by atoms with Gasteiger partial charge in [0.05, 0.1) is 18.8 Å². The maximum atomic E-state index is 5.57. The summed E-state index contributed by atoms with van der Waals surface area (Å²) in [4.78, 5) is 0. The zero-order chi connectivity index (χ0) is 15.1. The van der Waals surface area contributed by atoms with Crippen molar-refractivity contribution in [3.63, 3.8) is 0 Å². The van der Waals surface area contributed by atoms with Crippen molar-refractivity contribution in [2.45, 2.75) is 18.4 Å². The van der Waals surface area contributed by atoms with Crippen molar-refractivity contribution in [2.24, 2.45) is 5.92 Å². The highest BCUT2D eigenvalue weighted by Crippen LogP contribution is 2.52. The fourth-order valence-electron chi connectivity index (χ4n) is 3.79. The van der Waals surface area contributed by atoms with Crippen molar-refractivity contribution < 1.29 is 4.74 Å². The first kappa shape index (κ1) is 13.9. The van der Waals surface area contributed by atoms with E-state index < -0.39 is 0 Å². The van der Waals surface area contributed by atoms with Crippen molar-refractivity contribution >= 4 is 21.6 Å². The van der Waals surface area contributed by atoms with Gasteiger partial charge >= 0.3 is 0 Å². The monoisotopic (exact) mass is 355 g/mol. The standard InChI is InChI=1S/C19H18BrNO/c1-22-17-10-4-9-16-14-7-3-8-15(14)18(21-19(16)17)12-5-2-6-13(20)11-12/h2-7,9-11,14-15,18,21H,8H2,1H3/t14-,15+,18-/m1/s1. The predicted molar refractivity (Wildman–Crippen MR) is 93.5 cm³/mol. The van der Waals surface area contributed by atoms with E-state index in [-0.39, 0.29) is 0 Å². The summed E-state index contributed by atoms with van der Waals surface area (Å²) in [5.41, 5.74) is 3.82. The summed E-state index contributed by atoms with van der Waals surface area (Å²) in [6.45, 7) is 0. The molecule has 3 atom stereocenters.